The summed E-state index contributed by atoms with van der Waals surface area (Å²) >= 11 is 0. The Bertz CT molecular complexity index is 551. The largest absolute Gasteiger partial charge is 0.494 e. The van der Waals surface area contributed by atoms with Crippen LogP contribution >= 0.6 is 0 Å². The van der Waals surface area contributed by atoms with E-state index in [-0.39, 0.29) is 18.0 Å². The van der Waals surface area contributed by atoms with Gasteiger partial charge in [0, 0.05) is 24.7 Å². The van der Waals surface area contributed by atoms with Crippen molar-refractivity contribution in [2.45, 2.75) is 45.6 Å². The lowest BCUT2D eigenvalue weighted by molar-refractivity contribution is 0.0701. The minimum Gasteiger partial charge on any atom is -0.494 e. The van der Waals surface area contributed by atoms with Gasteiger partial charge < -0.3 is 19.7 Å². The summed E-state index contributed by atoms with van der Waals surface area (Å²) in [6.45, 7) is 6.30. The van der Waals surface area contributed by atoms with E-state index in [4.69, 9.17) is 9.47 Å². The molecule has 0 radical (unpaired) electrons. The molecule has 138 valence electrons. The van der Waals surface area contributed by atoms with Crippen LogP contribution in [0.25, 0.3) is 0 Å². The molecule has 1 aliphatic heterocycles. The van der Waals surface area contributed by atoms with Crippen LogP contribution in [0, 0.1) is 0 Å². The summed E-state index contributed by atoms with van der Waals surface area (Å²) < 4.78 is 10.5. The predicted molar refractivity (Wildman–Crippen MR) is 95.9 cm³/mol. The molecule has 1 fully saturated rings. The maximum Gasteiger partial charge on any atom is 0.407 e. The number of nitrogens with zero attached hydrogens (tertiary/aromatic N) is 1. The summed E-state index contributed by atoms with van der Waals surface area (Å²) in [6, 6.07) is 7.29. The first-order valence-electron chi connectivity index (χ1n) is 9.09. The molecule has 6 heteroatoms. The van der Waals surface area contributed by atoms with Crippen molar-refractivity contribution in [3.05, 3.63) is 29.8 Å². The molecule has 0 aliphatic carbocycles. The third-order valence-corrected chi connectivity index (χ3v) is 4.25. The topological polar surface area (TPSA) is 67.9 Å². The average molecular weight is 348 g/mol. The summed E-state index contributed by atoms with van der Waals surface area (Å²) in [6.07, 6.45) is 3.00. The number of benzene rings is 1. The van der Waals surface area contributed by atoms with Crippen molar-refractivity contribution in [2.24, 2.45) is 0 Å². The fraction of sp³-hybridized carbons (Fsp3) is 0.579. The standard InChI is InChI=1S/C19H28N2O4/c1-3-5-14-25-19(23)20-16-10-12-21(13-11-16)18(22)15-6-8-17(9-7-15)24-4-2/h6-9,16H,3-5,10-14H2,1-2H3,(H,20,23). The van der Waals surface area contributed by atoms with Gasteiger partial charge in [-0.1, -0.05) is 13.3 Å². The van der Waals surface area contributed by atoms with Crippen LogP contribution in [0.2, 0.25) is 0 Å². The molecule has 1 N–H and O–H groups in total. The molecule has 0 bridgehead atoms. The first kappa shape index (κ1) is 19.1. The van der Waals surface area contributed by atoms with E-state index in [0.29, 0.717) is 31.9 Å². The lowest BCUT2D eigenvalue weighted by atomic mass is 10.0. The molecular weight excluding hydrogens is 320 g/mol. The quantitative estimate of drug-likeness (QED) is 0.768. The number of unbranched alkanes of at least 4 members (excludes halogenated alkanes) is 1. The fourth-order valence-electron chi connectivity index (χ4n) is 2.79. The van der Waals surface area contributed by atoms with E-state index >= 15 is 0 Å². The number of piperidine rings is 1. The monoisotopic (exact) mass is 348 g/mol. The summed E-state index contributed by atoms with van der Waals surface area (Å²) in [4.78, 5) is 26.1. The number of likely N-dealkylation sites (tertiary alicyclic amines) is 1. The maximum atomic E-state index is 12.5. The molecular formula is C19H28N2O4. The summed E-state index contributed by atoms with van der Waals surface area (Å²) in [5.41, 5.74) is 0.661. The van der Waals surface area contributed by atoms with Crippen molar-refractivity contribution >= 4 is 12.0 Å². The van der Waals surface area contributed by atoms with Crippen molar-refractivity contribution in [1.29, 1.82) is 0 Å². The Morgan fingerprint density at radius 1 is 1.16 bits per heavy atom. The van der Waals surface area contributed by atoms with Crippen molar-refractivity contribution in [2.75, 3.05) is 26.3 Å². The van der Waals surface area contributed by atoms with Gasteiger partial charge in [-0.05, 0) is 50.5 Å². The van der Waals surface area contributed by atoms with Gasteiger partial charge in [0.25, 0.3) is 5.91 Å². The SMILES string of the molecule is CCCCOC(=O)NC1CCN(C(=O)c2ccc(OCC)cc2)CC1. The molecule has 1 aromatic rings. The molecule has 1 heterocycles. The number of carbonyl (C=O) groups excluding carboxylic acids is 2. The van der Waals surface area contributed by atoms with Crippen LogP contribution in [-0.2, 0) is 4.74 Å². The van der Waals surface area contributed by atoms with Gasteiger partial charge in [-0.2, -0.15) is 0 Å². The van der Waals surface area contributed by atoms with Gasteiger partial charge in [-0.15, -0.1) is 0 Å². The molecule has 0 unspecified atom stereocenters. The minimum atomic E-state index is -0.357. The maximum absolute atomic E-state index is 12.5. The van der Waals surface area contributed by atoms with Gasteiger partial charge in [0.2, 0.25) is 0 Å². The lowest BCUT2D eigenvalue weighted by Gasteiger charge is -2.32. The van der Waals surface area contributed by atoms with Gasteiger partial charge in [0.05, 0.1) is 13.2 Å². The van der Waals surface area contributed by atoms with E-state index in [1.807, 2.05) is 24.0 Å². The van der Waals surface area contributed by atoms with Crippen LogP contribution in [0.1, 0.15) is 49.9 Å². The lowest BCUT2D eigenvalue weighted by Crippen LogP contribution is -2.46. The fourth-order valence-corrected chi connectivity index (χ4v) is 2.79. The van der Waals surface area contributed by atoms with Crippen LogP contribution in [-0.4, -0.2) is 49.2 Å². The summed E-state index contributed by atoms with van der Waals surface area (Å²) in [5.74, 6) is 0.788. The first-order valence-corrected chi connectivity index (χ1v) is 9.09. The van der Waals surface area contributed by atoms with Gasteiger partial charge in [-0.25, -0.2) is 4.79 Å². The van der Waals surface area contributed by atoms with E-state index in [9.17, 15) is 9.59 Å². The molecule has 1 aromatic carbocycles. The molecule has 0 aromatic heterocycles. The molecule has 1 aliphatic rings. The van der Waals surface area contributed by atoms with E-state index in [0.717, 1.165) is 31.4 Å². The molecule has 0 saturated carbocycles. The second-order valence-corrected chi connectivity index (χ2v) is 6.16. The zero-order chi connectivity index (χ0) is 18.1. The number of nitrogens with one attached hydrogen (secondary N) is 1. The molecule has 0 spiro atoms. The van der Waals surface area contributed by atoms with E-state index in [1.165, 1.54) is 0 Å². The van der Waals surface area contributed by atoms with Crippen LogP contribution in [0.15, 0.2) is 24.3 Å². The predicted octanol–water partition coefficient (Wildman–Crippen LogP) is 3.22. The zero-order valence-electron chi connectivity index (χ0n) is 15.1. The molecule has 25 heavy (non-hydrogen) atoms. The minimum absolute atomic E-state index is 0.0204. The first-order chi connectivity index (χ1) is 12.1. The average Bonchev–Trinajstić information content (AvgIpc) is 2.63. The Kier molecular flexibility index (Phi) is 7.57. The Morgan fingerprint density at radius 3 is 2.44 bits per heavy atom. The molecule has 1 saturated heterocycles. The molecule has 6 nitrogen and oxygen atoms in total. The third kappa shape index (κ3) is 5.96. The van der Waals surface area contributed by atoms with Crippen LogP contribution < -0.4 is 10.1 Å². The van der Waals surface area contributed by atoms with Crippen molar-refractivity contribution in [3.8, 4) is 5.75 Å². The van der Waals surface area contributed by atoms with Crippen molar-refractivity contribution in [3.63, 3.8) is 0 Å². The van der Waals surface area contributed by atoms with Crippen LogP contribution in [0.4, 0.5) is 4.79 Å². The second kappa shape index (κ2) is 9.91. The zero-order valence-corrected chi connectivity index (χ0v) is 15.1. The highest BCUT2D eigenvalue weighted by Crippen LogP contribution is 2.17. The van der Waals surface area contributed by atoms with Gasteiger partial charge in [0.15, 0.2) is 0 Å². The number of alkyl carbamates (subject to hydrolysis) is 1. The number of carbonyl (C=O) groups is 2. The second-order valence-electron chi connectivity index (χ2n) is 6.16. The van der Waals surface area contributed by atoms with Crippen molar-refractivity contribution in [1.82, 2.24) is 10.2 Å². The summed E-state index contributed by atoms with van der Waals surface area (Å²) in [7, 11) is 0. The van der Waals surface area contributed by atoms with Crippen LogP contribution in [0.5, 0.6) is 5.75 Å². The van der Waals surface area contributed by atoms with Crippen LogP contribution in [0.3, 0.4) is 0 Å². The van der Waals surface area contributed by atoms with E-state index in [2.05, 4.69) is 12.2 Å². The van der Waals surface area contributed by atoms with E-state index < -0.39 is 0 Å². The number of ether oxygens (including phenoxy) is 2. The Morgan fingerprint density at radius 2 is 1.84 bits per heavy atom. The summed E-state index contributed by atoms with van der Waals surface area (Å²) in [5, 5.41) is 2.88. The highest BCUT2D eigenvalue weighted by atomic mass is 16.5. The number of amides is 2. The van der Waals surface area contributed by atoms with Gasteiger partial charge >= 0.3 is 6.09 Å². The number of rotatable bonds is 7. The Hall–Kier alpha value is -2.24. The highest BCUT2D eigenvalue weighted by Gasteiger charge is 2.24. The van der Waals surface area contributed by atoms with Gasteiger partial charge in [0.1, 0.15) is 5.75 Å². The Balaban J connectivity index is 1.77. The normalized spacial score (nSPS) is 14.9. The highest BCUT2D eigenvalue weighted by molar-refractivity contribution is 5.94. The van der Waals surface area contributed by atoms with E-state index in [1.54, 1.807) is 12.1 Å². The van der Waals surface area contributed by atoms with Crippen molar-refractivity contribution < 1.29 is 19.1 Å². The van der Waals surface area contributed by atoms with Gasteiger partial charge in [-0.3, -0.25) is 4.79 Å². The number of hydrogen-bond acceptors (Lipinski definition) is 4. The molecule has 2 amide bonds. The molecule has 2 rings (SSSR count). The third-order valence-electron chi connectivity index (χ3n) is 4.25. The molecule has 0 atom stereocenters. The number of hydrogen-bond donors (Lipinski definition) is 1. The smallest absolute Gasteiger partial charge is 0.407 e. The Labute approximate surface area is 149 Å².